The molecular formula is C23H21ClN2O4S2. The maximum absolute atomic E-state index is 12.8. The van der Waals surface area contributed by atoms with Crippen LogP contribution < -0.4 is 14.8 Å². The summed E-state index contributed by atoms with van der Waals surface area (Å²) in [6.07, 6.45) is 4.52. The number of thiocarbonyl (C=S) groups is 1. The van der Waals surface area contributed by atoms with Crippen LogP contribution in [0.4, 0.5) is 5.69 Å². The molecule has 0 radical (unpaired) electrons. The molecule has 1 saturated heterocycles. The highest BCUT2D eigenvalue weighted by Gasteiger charge is 2.31. The van der Waals surface area contributed by atoms with Gasteiger partial charge in [-0.25, -0.2) is 0 Å². The number of thioether (sulfide) groups is 1. The van der Waals surface area contributed by atoms with Crippen LogP contribution in [-0.2, 0) is 9.59 Å². The van der Waals surface area contributed by atoms with Crippen molar-refractivity contribution in [3.8, 4) is 11.5 Å². The molecule has 2 aliphatic rings. The zero-order valence-electron chi connectivity index (χ0n) is 17.1. The van der Waals surface area contributed by atoms with E-state index >= 15 is 0 Å². The zero-order valence-corrected chi connectivity index (χ0v) is 19.5. The van der Waals surface area contributed by atoms with E-state index in [0.717, 1.165) is 24.8 Å². The van der Waals surface area contributed by atoms with Crippen LogP contribution in [-0.4, -0.2) is 34.4 Å². The molecule has 32 heavy (non-hydrogen) atoms. The number of carbonyl (C=O) groups is 2. The number of rotatable bonds is 8. The van der Waals surface area contributed by atoms with Crippen molar-refractivity contribution >= 4 is 63.5 Å². The number of anilines is 1. The Labute approximate surface area is 200 Å². The van der Waals surface area contributed by atoms with E-state index in [9.17, 15) is 9.59 Å². The summed E-state index contributed by atoms with van der Waals surface area (Å²) in [5.74, 6) is 1.22. The molecule has 4 rings (SSSR count). The van der Waals surface area contributed by atoms with Gasteiger partial charge in [-0.3, -0.25) is 14.5 Å². The number of hydrogen-bond donors (Lipinski definition) is 1. The Morgan fingerprint density at radius 3 is 2.81 bits per heavy atom. The van der Waals surface area contributed by atoms with Crippen molar-refractivity contribution in [2.45, 2.75) is 25.7 Å². The highest BCUT2D eigenvalue weighted by molar-refractivity contribution is 8.26. The Morgan fingerprint density at radius 1 is 1.16 bits per heavy atom. The van der Waals surface area contributed by atoms with Crippen LogP contribution in [0.2, 0.25) is 5.02 Å². The molecule has 0 spiro atoms. The lowest BCUT2D eigenvalue weighted by Gasteiger charge is -2.14. The Bertz CT molecular complexity index is 1090. The lowest BCUT2D eigenvalue weighted by atomic mass is 10.1. The highest BCUT2D eigenvalue weighted by Crippen LogP contribution is 2.36. The third-order valence-electron chi connectivity index (χ3n) is 5.00. The first-order valence-electron chi connectivity index (χ1n) is 10.2. The first-order valence-corrected chi connectivity index (χ1v) is 11.8. The number of fused-ring (bicyclic) bond motifs is 1. The number of hydrogen-bond acceptors (Lipinski definition) is 6. The summed E-state index contributed by atoms with van der Waals surface area (Å²) in [7, 11) is 0. The number of carbonyl (C=O) groups excluding carboxylic acids is 2. The van der Waals surface area contributed by atoms with Crippen molar-refractivity contribution in [3.05, 3.63) is 58.0 Å². The van der Waals surface area contributed by atoms with Crippen LogP contribution in [0.3, 0.4) is 0 Å². The topological polar surface area (TPSA) is 67.9 Å². The highest BCUT2D eigenvalue weighted by atomic mass is 35.5. The summed E-state index contributed by atoms with van der Waals surface area (Å²) in [4.78, 5) is 27.1. The molecule has 0 atom stereocenters. The SMILES string of the molecule is O=C(CCCCCN1C(=O)/C(=C/c2ccc3c(c2)OCO3)SC1=S)Nc1ccccc1Cl. The Balaban J connectivity index is 1.23. The van der Waals surface area contributed by atoms with Gasteiger partial charge in [0.15, 0.2) is 11.5 Å². The van der Waals surface area contributed by atoms with Gasteiger partial charge in [-0.2, -0.15) is 0 Å². The zero-order chi connectivity index (χ0) is 22.5. The molecule has 9 heteroatoms. The second-order valence-electron chi connectivity index (χ2n) is 7.28. The Morgan fingerprint density at radius 2 is 1.97 bits per heavy atom. The van der Waals surface area contributed by atoms with E-state index in [1.165, 1.54) is 11.8 Å². The van der Waals surface area contributed by atoms with Crippen LogP contribution in [0.15, 0.2) is 47.4 Å². The van der Waals surface area contributed by atoms with Gasteiger partial charge in [-0.05, 0) is 48.7 Å². The van der Waals surface area contributed by atoms with Gasteiger partial charge in [0.1, 0.15) is 4.32 Å². The first kappa shape index (κ1) is 22.6. The normalized spacial score (nSPS) is 16.2. The summed E-state index contributed by atoms with van der Waals surface area (Å²) in [6.45, 7) is 0.748. The van der Waals surface area contributed by atoms with E-state index in [1.54, 1.807) is 17.0 Å². The number of para-hydroxylation sites is 1. The van der Waals surface area contributed by atoms with Crippen molar-refractivity contribution in [1.82, 2.24) is 4.90 Å². The average molecular weight is 489 g/mol. The summed E-state index contributed by atoms with van der Waals surface area (Å²) >= 11 is 12.8. The lowest BCUT2D eigenvalue weighted by Crippen LogP contribution is -2.29. The van der Waals surface area contributed by atoms with Crippen molar-refractivity contribution < 1.29 is 19.1 Å². The van der Waals surface area contributed by atoms with Gasteiger partial charge < -0.3 is 14.8 Å². The largest absolute Gasteiger partial charge is 0.454 e. The molecule has 0 aliphatic carbocycles. The maximum atomic E-state index is 12.8. The average Bonchev–Trinajstić information content (AvgIpc) is 3.34. The summed E-state index contributed by atoms with van der Waals surface area (Å²) in [6, 6.07) is 12.7. The van der Waals surface area contributed by atoms with Crippen molar-refractivity contribution in [2.75, 3.05) is 18.7 Å². The van der Waals surface area contributed by atoms with E-state index in [2.05, 4.69) is 5.32 Å². The number of nitrogens with zero attached hydrogens (tertiary/aromatic N) is 1. The van der Waals surface area contributed by atoms with Crippen molar-refractivity contribution in [3.63, 3.8) is 0 Å². The minimum absolute atomic E-state index is 0.0737. The van der Waals surface area contributed by atoms with E-state index < -0.39 is 0 Å². The van der Waals surface area contributed by atoms with Crippen molar-refractivity contribution in [2.24, 2.45) is 0 Å². The monoisotopic (exact) mass is 488 g/mol. The number of nitrogens with one attached hydrogen (secondary N) is 1. The maximum Gasteiger partial charge on any atom is 0.266 e. The standard InChI is InChI=1S/C23H21ClN2O4S2/c24-16-6-3-4-7-17(16)25-21(27)8-2-1-5-11-26-22(28)20(32-23(26)31)13-15-9-10-18-19(12-15)30-14-29-18/h3-4,6-7,9-10,12-13H,1-2,5,8,11,14H2,(H,25,27)/b20-13-. The van der Waals surface area contributed by atoms with Gasteiger partial charge in [0.25, 0.3) is 5.91 Å². The summed E-state index contributed by atoms with van der Waals surface area (Å²) in [5.41, 5.74) is 1.48. The fraction of sp³-hybridized carbons (Fsp3) is 0.261. The van der Waals surface area contributed by atoms with Gasteiger partial charge in [0, 0.05) is 13.0 Å². The molecule has 0 aromatic heterocycles. The fourth-order valence-electron chi connectivity index (χ4n) is 3.35. The molecule has 2 heterocycles. The summed E-state index contributed by atoms with van der Waals surface area (Å²) < 4.78 is 11.3. The molecule has 2 aromatic carbocycles. The number of halogens is 1. The molecule has 1 N–H and O–H groups in total. The second-order valence-corrected chi connectivity index (χ2v) is 9.37. The van der Waals surface area contributed by atoms with Gasteiger partial charge in [0.2, 0.25) is 12.7 Å². The molecule has 0 saturated carbocycles. The predicted molar refractivity (Wildman–Crippen MR) is 131 cm³/mol. The number of benzene rings is 2. The lowest BCUT2D eigenvalue weighted by molar-refractivity contribution is -0.122. The number of unbranched alkanes of at least 4 members (excludes halogenated alkanes) is 2. The molecule has 2 aliphatic heterocycles. The molecule has 6 nitrogen and oxygen atoms in total. The van der Waals surface area contributed by atoms with Gasteiger partial charge in [-0.1, -0.05) is 60.2 Å². The predicted octanol–water partition coefficient (Wildman–Crippen LogP) is 5.47. The minimum atomic E-state index is -0.0888. The van der Waals surface area contributed by atoms with Crippen LogP contribution in [0.25, 0.3) is 6.08 Å². The van der Waals surface area contributed by atoms with E-state index in [-0.39, 0.29) is 18.6 Å². The molecular weight excluding hydrogens is 468 g/mol. The molecule has 0 unspecified atom stereocenters. The van der Waals surface area contributed by atoms with Crippen LogP contribution in [0.5, 0.6) is 11.5 Å². The van der Waals surface area contributed by atoms with Crippen LogP contribution >= 0.6 is 35.6 Å². The van der Waals surface area contributed by atoms with Crippen molar-refractivity contribution in [1.29, 1.82) is 0 Å². The molecule has 1 fully saturated rings. The third-order valence-corrected chi connectivity index (χ3v) is 6.71. The van der Waals surface area contributed by atoms with Gasteiger partial charge in [0.05, 0.1) is 15.6 Å². The van der Waals surface area contributed by atoms with Gasteiger partial charge >= 0.3 is 0 Å². The fourth-order valence-corrected chi connectivity index (χ4v) is 4.85. The Hall–Kier alpha value is -2.55. The van der Waals surface area contributed by atoms with E-state index in [4.69, 9.17) is 33.3 Å². The minimum Gasteiger partial charge on any atom is -0.454 e. The quantitative estimate of drug-likeness (QED) is 0.302. The number of amides is 2. The number of ether oxygens (including phenoxy) is 2. The smallest absolute Gasteiger partial charge is 0.266 e. The van der Waals surface area contributed by atoms with Gasteiger partial charge in [-0.15, -0.1) is 0 Å². The van der Waals surface area contributed by atoms with E-state index in [1.807, 2.05) is 36.4 Å². The summed E-state index contributed by atoms with van der Waals surface area (Å²) in [5, 5.41) is 3.33. The van der Waals surface area contributed by atoms with E-state index in [0.29, 0.717) is 44.4 Å². The van der Waals surface area contributed by atoms with Crippen LogP contribution in [0.1, 0.15) is 31.2 Å². The third kappa shape index (κ3) is 5.43. The molecule has 0 bridgehead atoms. The molecule has 2 aromatic rings. The van der Waals surface area contributed by atoms with Crippen LogP contribution in [0, 0.1) is 0 Å². The second kappa shape index (κ2) is 10.4. The molecule has 166 valence electrons. The molecule has 2 amide bonds. The first-order chi connectivity index (χ1) is 15.5. The Kier molecular flexibility index (Phi) is 7.34.